The second kappa shape index (κ2) is 6.44. The van der Waals surface area contributed by atoms with Crippen molar-refractivity contribution >= 4 is 39.3 Å². The number of aryl methyl sites for hydroxylation is 2. The fraction of sp³-hybridized carbons (Fsp3) is 0.200. The van der Waals surface area contributed by atoms with Crippen LogP contribution in [-0.2, 0) is 13.6 Å². The summed E-state index contributed by atoms with van der Waals surface area (Å²) in [6, 6.07) is 7.65. The number of anilines is 1. The lowest BCUT2D eigenvalue weighted by molar-refractivity contribution is 0.781. The normalized spacial score (nSPS) is 11.5. The molecule has 0 aliphatic carbocycles. The second-order valence-corrected chi connectivity index (χ2v) is 6.01. The summed E-state index contributed by atoms with van der Waals surface area (Å²) < 4.78 is 3.96. The minimum atomic E-state index is -0.502. The van der Waals surface area contributed by atoms with Crippen molar-refractivity contribution in [3.8, 4) is 0 Å². The number of fused-ring (bicyclic) bond motifs is 1. The van der Waals surface area contributed by atoms with Crippen molar-refractivity contribution in [2.45, 2.75) is 13.5 Å². The van der Waals surface area contributed by atoms with E-state index in [0.717, 1.165) is 10.0 Å². The van der Waals surface area contributed by atoms with Gasteiger partial charge in [0.1, 0.15) is 0 Å². The van der Waals surface area contributed by atoms with Crippen molar-refractivity contribution in [2.75, 3.05) is 5.43 Å². The Morgan fingerprint density at radius 3 is 2.71 bits per heavy atom. The van der Waals surface area contributed by atoms with Gasteiger partial charge in [-0.3, -0.25) is 14.3 Å². The van der Waals surface area contributed by atoms with Crippen molar-refractivity contribution in [1.82, 2.24) is 19.1 Å². The Labute approximate surface area is 145 Å². The zero-order chi connectivity index (χ0) is 17.3. The molecule has 8 nitrogen and oxygen atoms in total. The molecule has 2 aromatic heterocycles. The average molecular weight is 391 g/mol. The van der Waals surface area contributed by atoms with E-state index in [1.807, 2.05) is 31.2 Å². The van der Waals surface area contributed by atoms with Crippen LogP contribution in [0.15, 0.2) is 43.4 Å². The molecule has 0 amide bonds. The Morgan fingerprint density at radius 1 is 1.33 bits per heavy atom. The second-order valence-electron chi connectivity index (χ2n) is 5.09. The molecule has 1 aromatic carbocycles. The zero-order valence-corrected chi connectivity index (χ0v) is 14.7. The van der Waals surface area contributed by atoms with Gasteiger partial charge < -0.3 is 4.57 Å². The highest BCUT2D eigenvalue weighted by Crippen LogP contribution is 2.15. The van der Waals surface area contributed by atoms with Crippen molar-refractivity contribution in [1.29, 1.82) is 0 Å². The molecular weight excluding hydrogens is 376 g/mol. The Balaban J connectivity index is 1.99. The van der Waals surface area contributed by atoms with Gasteiger partial charge >= 0.3 is 5.69 Å². The lowest BCUT2D eigenvalue weighted by atomic mass is 10.2. The van der Waals surface area contributed by atoms with Crippen molar-refractivity contribution in [3.63, 3.8) is 0 Å². The van der Waals surface area contributed by atoms with Gasteiger partial charge in [0, 0.05) is 18.1 Å². The summed E-state index contributed by atoms with van der Waals surface area (Å²) in [5.41, 5.74) is 3.42. The van der Waals surface area contributed by atoms with Gasteiger partial charge in [0.2, 0.25) is 5.95 Å². The molecule has 0 spiro atoms. The van der Waals surface area contributed by atoms with Gasteiger partial charge in [-0.15, -0.1) is 0 Å². The van der Waals surface area contributed by atoms with Crippen LogP contribution in [0.5, 0.6) is 0 Å². The van der Waals surface area contributed by atoms with E-state index < -0.39 is 11.2 Å². The largest absolute Gasteiger partial charge is 0.329 e. The third-order valence-electron chi connectivity index (χ3n) is 3.57. The van der Waals surface area contributed by atoms with Crippen LogP contribution in [0.2, 0.25) is 0 Å². The molecule has 0 aliphatic heterocycles. The van der Waals surface area contributed by atoms with Crippen LogP contribution in [0.25, 0.3) is 11.2 Å². The molecular formula is C15H15BrN6O2. The summed E-state index contributed by atoms with van der Waals surface area (Å²) in [7, 11) is 1.56. The van der Waals surface area contributed by atoms with E-state index in [9.17, 15) is 9.59 Å². The molecule has 3 aromatic rings. The van der Waals surface area contributed by atoms with Crippen molar-refractivity contribution in [2.24, 2.45) is 12.1 Å². The van der Waals surface area contributed by atoms with Crippen LogP contribution in [0.4, 0.5) is 5.95 Å². The predicted molar refractivity (Wildman–Crippen MR) is 96.6 cm³/mol. The van der Waals surface area contributed by atoms with Crippen LogP contribution >= 0.6 is 15.9 Å². The first kappa shape index (κ1) is 16.2. The molecule has 0 saturated heterocycles. The van der Waals surface area contributed by atoms with Gasteiger partial charge in [0.15, 0.2) is 11.2 Å². The van der Waals surface area contributed by atoms with E-state index in [1.54, 1.807) is 17.8 Å². The van der Waals surface area contributed by atoms with E-state index in [2.05, 4.69) is 36.4 Å². The van der Waals surface area contributed by atoms with Crippen LogP contribution in [0, 0.1) is 0 Å². The molecule has 0 bridgehead atoms. The third kappa shape index (κ3) is 2.90. The van der Waals surface area contributed by atoms with Crippen molar-refractivity contribution in [3.05, 3.63) is 55.1 Å². The summed E-state index contributed by atoms with van der Waals surface area (Å²) in [5.74, 6) is 0.396. The molecule has 124 valence electrons. The van der Waals surface area contributed by atoms with Gasteiger partial charge in [-0.25, -0.2) is 10.2 Å². The Hall–Kier alpha value is -2.68. The maximum atomic E-state index is 12.1. The molecule has 0 fully saturated rings. The van der Waals surface area contributed by atoms with Gasteiger partial charge in [0.05, 0.1) is 6.21 Å². The van der Waals surface area contributed by atoms with Gasteiger partial charge in [-0.1, -0.05) is 28.1 Å². The number of hydrogen-bond donors (Lipinski definition) is 2. The molecule has 24 heavy (non-hydrogen) atoms. The first-order chi connectivity index (χ1) is 11.5. The topological polar surface area (TPSA) is 97.1 Å². The fourth-order valence-electron chi connectivity index (χ4n) is 2.34. The number of rotatable bonds is 4. The average Bonchev–Trinajstić information content (AvgIpc) is 2.94. The summed E-state index contributed by atoms with van der Waals surface area (Å²) in [5, 5.41) is 4.15. The quantitative estimate of drug-likeness (QED) is 0.522. The van der Waals surface area contributed by atoms with E-state index in [0.29, 0.717) is 23.7 Å². The van der Waals surface area contributed by atoms with Gasteiger partial charge in [-0.05, 0) is 24.6 Å². The maximum absolute atomic E-state index is 12.1. The SMILES string of the molecule is CCn1c(N/N=C/c2ccc(Br)cc2)nc2c1c(=O)[nH]c(=O)n2C. The Kier molecular flexibility index (Phi) is 4.34. The number of hydrazone groups is 1. The number of halogens is 1. The number of aromatic nitrogens is 4. The lowest BCUT2D eigenvalue weighted by Gasteiger charge is -2.03. The Bertz CT molecular complexity index is 1030. The van der Waals surface area contributed by atoms with Gasteiger partial charge in [-0.2, -0.15) is 10.1 Å². The van der Waals surface area contributed by atoms with Crippen LogP contribution in [-0.4, -0.2) is 25.3 Å². The monoisotopic (exact) mass is 390 g/mol. The smallest absolute Gasteiger partial charge is 0.303 e. The molecule has 0 radical (unpaired) electrons. The molecule has 2 N–H and O–H groups in total. The molecule has 0 aliphatic rings. The molecule has 0 unspecified atom stereocenters. The predicted octanol–water partition coefficient (Wildman–Crippen LogP) is 1.65. The molecule has 0 atom stereocenters. The third-order valence-corrected chi connectivity index (χ3v) is 4.10. The minimum Gasteiger partial charge on any atom is -0.303 e. The summed E-state index contributed by atoms with van der Waals surface area (Å²) in [6.07, 6.45) is 1.65. The number of aromatic amines is 1. The van der Waals surface area contributed by atoms with Crippen LogP contribution in [0.3, 0.4) is 0 Å². The molecule has 3 rings (SSSR count). The number of nitrogens with zero attached hydrogens (tertiary/aromatic N) is 4. The number of imidazole rings is 1. The zero-order valence-electron chi connectivity index (χ0n) is 13.1. The first-order valence-electron chi connectivity index (χ1n) is 7.25. The highest BCUT2D eigenvalue weighted by atomic mass is 79.9. The lowest BCUT2D eigenvalue weighted by Crippen LogP contribution is -2.29. The highest BCUT2D eigenvalue weighted by molar-refractivity contribution is 9.10. The van der Waals surface area contributed by atoms with Crippen LogP contribution in [0.1, 0.15) is 12.5 Å². The van der Waals surface area contributed by atoms with Gasteiger partial charge in [0.25, 0.3) is 5.56 Å². The van der Waals surface area contributed by atoms with E-state index >= 15 is 0 Å². The number of H-pyrrole nitrogens is 1. The standard InChI is InChI=1S/C15H15BrN6O2/c1-3-22-11-12(21(2)15(24)19-13(11)23)18-14(22)20-17-8-9-4-6-10(16)7-5-9/h4-8H,3H2,1-2H3,(H,18,20)(H,19,23,24)/b17-8+. The first-order valence-corrected chi connectivity index (χ1v) is 8.04. The summed E-state index contributed by atoms with van der Waals surface area (Å²) in [4.78, 5) is 30.4. The van der Waals surface area contributed by atoms with E-state index in [4.69, 9.17) is 0 Å². The molecule has 0 saturated carbocycles. The van der Waals surface area contributed by atoms with Crippen molar-refractivity contribution < 1.29 is 0 Å². The summed E-state index contributed by atoms with van der Waals surface area (Å²) in [6.45, 7) is 2.39. The Morgan fingerprint density at radius 2 is 2.04 bits per heavy atom. The minimum absolute atomic E-state index is 0.312. The number of nitrogens with one attached hydrogen (secondary N) is 2. The van der Waals surface area contributed by atoms with Crippen LogP contribution < -0.4 is 16.7 Å². The molecule has 2 heterocycles. The number of hydrogen-bond acceptors (Lipinski definition) is 5. The number of benzene rings is 1. The highest BCUT2D eigenvalue weighted by Gasteiger charge is 2.15. The summed E-state index contributed by atoms with van der Waals surface area (Å²) >= 11 is 3.37. The maximum Gasteiger partial charge on any atom is 0.329 e. The molecule has 9 heteroatoms. The van der Waals surface area contributed by atoms with E-state index in [1.165, 1.54) is 4.57 Å². The van der Waals surface area contributed by atoms with E-state index in [-0.39, 0.29) is 0 Å². The fourth-order valence-corrected chi connectivity index (χ4v) is 2.61.